The molecule has 0 rings (SSSR count). The number of ether oxygens (including phenoxy) is 2. The molecule has 0 aromatic carbocycles. The van der Waals surface area contributed by atoms with Gasteiger partial charge in [-0.15, -0.1) is 0 Å². The first kappa shape index (κ1) is 26.7. The molecule has 0 aliphatic rings. The van der Waals surface area contributed by atoms with Gasteiger partial charge in [-0.25, -0.2) is 0 Å². The molecule has 0 fully saturated rings. The Labute approximate surface area is 167 Å². The van der Waals surface area contributed by atoms with E-state index in [4.69, 9.17) is 17.7 Å². The van der Waals surface area contributed by atoms with Gasteiger partial charge in [0.2, 0.25) is 0 Å². The molecule has 0 heterocycles. The van der Waals surface area contributed by atoms with Crippen LogP contribution in [0.25, 0.3) is 0 Å². The van der Waals surface area contributed by atoms with Crippen molar-refractivity contribution < 1.29 is 17.7 Å². The molecule has 0 N–H and O–H groups in total. The van der Waals surface area contributed by atoms with Crippen LogP contribution in [-0.4, -0.2) is 59.7 Å². The van der Waals surface area contributed by atoms with Gasteiger partial charge in [-0.05, 0) is 90.4 Å². The number of hydrogen-bond donors (Lipinski definition) is 0. The molecule has 26 heavy (non-hydrogen) atoms. The lowest BCUT2D eigenvalue weighted by Crippen LogP contribution is -2.42. The van der Waals surface area contributed by atoms with Crippen LogP contribution in [0.15, 0.2) is 0 Å². The van der Waals surface area contributed by atoms with Gasteiger partial charge in [-0.2, -0.15) is 0 Å². The van der Waals surface area contributed by atoms with Gasteiger partial charge in [0.05, 0.1) is 13.2 Å². The molecule has 0 saturated carbocycles. The summed E-state index contributed by atoms with van der Waals surface area (Å²) in [5.41, 5.74) is 0. The van der Waals surface area contributed by atoms with Crippen LogP contribution in [0.4, 0.5) is 0 Å². The second-order valence-corrected chi connectivity index (χ2v) is 28.5. The fourth-order valence-electron chi connectivity index (χ4n) is 3.28. The van der Waals surface area contributed by atoms with E-state index in [2.05, 4.69) is 65.5 Å². The van der Waals surface area contributed by atoms with E-state index in [1.165, 1.54) is 12.1 Å². The Kier molecular flexibility index (Phi) is 12.0. The van der Waals surface area contributed by atoms with Gasteiger partial charge >= 0.3 is 0 Å². The molecule has 8 heteroatoms. The molecule has 158 valence electrons. The summed E-state index contributed by atoms with van der Waals surface area (Å²) in [7, 11) is -5.86. The first-order valence-corrected chi connectivity index (χ1v) is 23.2. The summed E-state index contributed by atoms with van der Waals surface area (Å²) in [5.74, 6) is 0. The van der Waals surface area contributed by atoms with Crippen molar-refractivity contribution in [2.75, 3.05) is 26.4 Å². The minimum atomic E-state index is -1.51. The summed E-state index contributed by atoms with van der Waals surface area (Å²) >= 11 is 0. The zero-order chi connectivity index (χ0) is 20.5. The quantitative estimate of drug-likeness (QED) is 0.235. The Morgan fingerprint density at radius 3 is 1.04 bits per heavy atom. The van der Waals surface area contributed by atoms with Crippen molar-refractivity contribution in [3.63, 3.8) is 0 Å². The highest BCUT2D eigenvalue weighted by Crippen LogP contribution is 2.20. The molecule has 0 saturated heterocycles. The Morgan fingerprint density at radius 2 is 0.769 bits per heavy atom. The molecule has 0 bridgehead atoms. The summed E-state index contributed by atoms with van der Waals surface area (Å²) in [5, 5.41) is 0. The van der Waals surface area contributed by atoms with Gasteiger partial charge in [0.15, 0.2) is 33.3 Å². The van der Waals surface area contributed by atoms with Crippen LogP contribution < -0.4 is 0 Å². The van der Waals surface area contributed by atoms with Crippen LogP contribution in [0, 0.1) is 0 Å². The molecule has 0 unspecified atom stereocenters. The third-order valence-electron chi connectivity index (χ3n) is 3.67. The minimum Gasteiger partial charge on any atom is -0.456 e. The highest BCUT2D eigenvalue weighted by molar-refractivity contribution is 6.84. The molecule has 0 atom stereocenters. The molecule has 0 aliphatic carbocycles. The van der Waals surface area contributed by atoms with E-state index in [0.29, 0.717) is 13.2 Å². The molecule has 0 aromatic rings. The predicted octanol–water partition coefficient (Wildman–Crippen LogP) is 5.91. The molecule has 0 aromatic heterocycles. The highest BCUT2D eigenvalue weighted by Gasteiger charge is 2.29. The third-order valence-corrected chi connectivity index (χ3v) is 16.1. The molecular weight excluding hydrogens is 393 g/mol. The molecule has 0 amide bonds. The van der Waals surface area contributed by atoms with Crippen molar-refractivity contribution >= 4 is 33.3 Å². The smallest absolute Gasteiger partial charge is 0.173 e. The van der Waals surface area contributed by atoms with Crippen molar-refractivity contribution in [3.05, 3.63) is 0 Å². The minimum absolute atomic E-state index is 0.698. The maximum atomic E-state index is 6.35. The zero-order valence-corrected chi connectivity index (χ0v) is 23.3. The lowest BCUT2D eigenvalue weighted by molar-refractivity contribution is 0.0479. The van der Waals surface area contributed by atoms with Crippen LogP contribution in [0.5, 0.6) is 0 Å². The summed E-state index contributed by atoms with van der Waals surface area (Å²) in [6.45, 7) is 26.0. The van der Waals surface area contributed by atoms with Gasteiger partial charge in [-0.3, -0.25) is 0 Å². The van der Waals surface area contributed by atoms with E-state index in [1.807, 2.05) is 0 Å². The Hall–Kier alpha value is 0.708. The monoisotopic (exact) mass is 438 g/mol. The Bertz CT molecular complexity index is 340. The van der Waals surface area contributed by atoms with E-state index < -0.39 is 33.3 Å². The molecule has 0 aliphatic heterocycles. The summed E-state index contributed by atoms with van der Waals surface area (Å²) in [6, 6.07) is 2.35. The second kappa shape index (κ2) is 11.6. The molecule has 4 nitrogen and oxygen atoms in total. The van der Waals surface area contributed by atoms with Gasteiger partial charge in [0.25, 0.3) is 0 Å². The molecule has 0 radical (unpaired) electrons. The topological polar surface area (TPSA) is 36.9 Å². The van der Waals surface area contributed by atoms with Gasteiger partial charge in [0.1, 0.15) is 0 Å². The maximum Gasteiger partial charge on any atom is 0.173 e. The number of hydrogen-bond acceptors (Lipinski definition) is 4. The van der Waals surface area contributed by atoms with Crippen LogP contribution in [0.2, 0.25) is 77.6 Å². The second-order valence-electron chi connectivity index (χ2n) is 10.4. The standard InChI is InChI=1S/C18H46O4Si4/c1-23(2,3)21-25(7,8)17-11-13-19-15-16-20-14-12-18-26(9,10)22-24(4,5)6/h11-18H2,1-10H3. The van der Waals surface area contributed by atoms with Crippen LogP contribution in [-0.2, 0) is 17.7 Å². The van der Waals surface area contributed by atoms with E-state index in [9.17, 15) is 0 Å². The largest absolute Gasteiger partial charge is 0.456 e. The van der Waals surface area contributed by atoms with Gasteiger partial charge in [-0.1, -0.05) is 0 Å². The van der Waals surface area contributed by atoms with Crippen LogP contribution in [0.3, 0.4) is 0 Å². The highest BCUT2D eigenvalue weighted by atomic mass is 28.4. The van der Waals surface area contributed by atoms with Crippen molar-refractivity contribution in [2.24, 2.45) is 0 Å². The predicted molar refractivity (Wildman–Crippen MR) is 124 cm³/mol. The third kappa shape index (κ3) is 18.1. The van der Waals surface area contributed by atoms with Gasteiger partial charge in [0, 0.05) is 13.2 Å². The molecular formula is C18H46O4Si4. The first-order chi connectivity index (χ1) is 11.6. The SMILES string of the molecule is C[Si](C)(C)O[Si](C)(C)CCCOCCOCCC[Si](C)(C)O[Si](C)(C)C. The Balaban J connectivity index is 3.60. The lowest BCUT2D eigenvalue weighted by Gasteiger charge is -2.31. The lowest BCUT2D eigenvalue weighted by atomic mass is 10.5. The fraction of sp³-hybridized carbons (Fsp3) is 1.00. The zero-order valence-electron chi connectivity index (χ0n) is 19.3. The van der Waals surface area contributed by atoms with Crippen molar-refractivity contribution in [1.82, 2.24) is 0 Å². The van der Waals surface area contributed by atoms with E-state index in [-0.39, 0.29) is 0 Å². The fourth-order valence-corrected chi connectivity index (χ4v) is 19.4. The van der Waals surface area contributed by atoms with Crippen molar-refractivity contribution in [3.8, 4) is 0 Å². The number of rotatable bonds is 15. The summed E-state index contributed by atoms with van der Waals surface area (Å²) in [4.78, 5) is 0. The molecule has 0 spiro atoms. The van der Waals surface area contributed by atoms with Crippen molar-refractivity contribution in [1.29, 1.82) is 0 Å². The van der Waals surface area contributed by atoms with Crippen LogP contribution >= 0.6 is 0 Å². The van der Waals surface area contributed by atoms with E-state index in [0.717, 1.165) is 26.1 Å². The van der Waals surface area contributed by atoms with Gasteiger partial charge < -0.3 is 17.7 Å². The average molecular weight is 439 g/mol. The summed E-state index contributed by atoms with van der Waals surface area (Å²) in [6.07, 6.45) is 2.19. The Morgan fingerprint density at radius 1 is 0.462 bits per heavy atom. The summed E-state index contributed by atoms with van der Waals surface area (Å²) < 4.78 is 24.1. The van der Waals surface area contributed by atoms with E-state index in [1.54, 1.807) is 0 Å². The van der Waals surface area contributed by atoms with Crippen LogP contribution in [0.1, 0.15) is 12.8 Å². The first-order valence-electron chi connectivity index (χ1n) is 10.2. The average Bonchev–Trinajstić information content (AvgIpc) is 2.35. The van der Waals surface area contributed by atoms with E-state index >= 15 is 0 Å². The van der Waals surface area contributed by atoms with Crippen molar-refractivity contribution in [2.45, 2.75) is 90.4 Å². The maximum absolute atomic E-state index is 6.35. The normalized spacial score (nSPS) is 14.1.